The molecule has 0 saturated heterocycles. The number of hydrogen-bond acceptors (Lipinski definition) is 10. The second-order valence-electron chi connectivity index (χ2n) is 8.75. The molecule has 0 amide bonds. The van der Waals surface area contributed by atoms with E-state index in [0.29, 0.717) is 0 Å². The van der Waals surface area contributed by atoms with E-state index in [1.165, 1.54) is 0 Å². The minimum absolute atomic E-state index is 0. The largest absolute Gasteiger partial charge is 1.00 e. The average Bonchev–Trinajstić information content (AvgIpc) is 2.87. The summed E-state index contributed by atoms with van der Waals surface area (Å²) in [6, 6.07) is 14.1. The van der Waals surface area contributed by atoms with Gasteiger partial charge >= 0.3 is 29.6 Å². The molecule has 0 aliphatic rings. The van der Waals surface area contributed by atoms with Crippen LogP contribution < -0.4 is 34.7 Å². The predicted octanol–water partition coefficient (Wildman–Crippen LogP) is -0.475. The molecule has 210 valence electrons. The maximum absolute atomic E-state index is 13.3. The van der Waals surface area contributed by atoms with Crippen molar-refractivity contribution in [3.05, 3.63) is 95.6 Å². The molecule has 0 atom stereocenters. The summed E-state index contributed by atoms with van der Waals surface area (Å²) in [5.41, 5.74) is -0.291. The fourth-order valence-electron chi connectivity index (χ4n) is 3.88. The van der Waals surface area contributed by atoms with E-state index in [2.05, 4.69) is 0 Å². The second kappa shape index (κ2) is 12.0. The van der Waals surface area contributed by atoms with Crippen LogP contribution in [0.15, 0.2) is 98.4 Å². The van der Waals surface area contributed by atoms with Gasteiger partial charge in [-0.25, -0.2) is 16.8 Å². The summed E-state index contributed by atoms with van der Waals surface area (Å²) in [4.78, 5) is -1.09. The van der Waals surface area contributed by atoms with E-state index in [4.69, 9.17) is 4.55 Å². The van der Waals surface area contributed by atoms with Crippen LogP contribution in [0, 0.1) is 0 Å². The van der Waals surface area contributed by atoms with Crippen LogP contribution in [0.2, 0.25) is 0 Å². The van der Waals surface area contributed by atoms with Crippen LogP contribution >= 0.6 is 0 Å². The Hall–Kier alpha value is -3.11. The summed E-state index contributed by atoms with van der Waals surface area (Å²) in [5, 5.41) is 42.0. The number of phenolic OH excluding ortho intramolecular Hbond substituents is 3. The molecule has 0 aliphatic carbocycles. The van der Waals surface area contributed by atoms with Gasteiger partial charge in [0.2, 0.25) is 19.7 Å². The molecule has 0 spiro atoms. The van der Waals surface area contributed by atoms with E-state index < -0.39 is 46.2 Å². The normalized spacial score (nSPS) is 12.0. The van der Waals surface area contributed by atoms with Gasteiger partial charge in [-0.05, 0) is 77.9 Å². The monoisotopic (exact) mass is 628 g/mol. The Kier molecular flexibility index (Phi) is 9.50. The molecule has 4 aromatic carbocycles. The fourth-order valence-corrected chi connectivity index (χ4v) is 7.18. The van der Waals surface area contributed by atoms with Crippen molar-refractivity contribution < 1.29 is 79.8 Å². The molecule has 4 aromatic rings. The van der Waals surface area contributed by atoms with Crippen molar-refractivity contribution in [1.82, 2.24) is 0 Å². The van der Waals surface area contributed by atoms with Crippen molar-refractivity contribution in [2.75, 3.05) is 0 Å². The molecule has 15 heteroatoms. The smallest absolute Gasteiger partial charge is 0.872 e. The predicted molar refractivity (Wildman–Crippen MR) is 139 cm³/mol. The Balaban J connectivity index is 0.00000462. The Morgan fingerprint density at radius 2 is 0.878 bits per heavy atom. The van der Waals surface area contributed by atoms with E-state index in [0.717, 1.165) is 78.9 Å². The van der Waals surface area contributed by atoms with Crippen LogP contribution in [-0.2, 0) is 42.0 Å². The first-order valence-electron chi connectivity index (χ1n) is 11.3. The second-order valence-corrected chi connectivity index (χ2v) is 14.1. The van der Waals surface area contributed by atoms with Crippen molar-refractivity contribution >= 4 is 29.8 Å². The first-order valence-corrected chi connectivity index (χ1v) is 15.8. The van der Waals surface area contributed by atoms with Crippen molar-refractivity contribution in [2.24, 2.45) is 0 Å². The van der Waals surface area contributed by atoms with Crippen LogP contribution in [0.1, 0.15) is 16.7 Å². The summed E-state index contributed by atoms with van der Waals surface area (Å²) in [6.45, 7) is 0. The standard InChI is InChI=1S/C26H22O11S3.Na/c27-19-1-3-20(4-2-19)39(34,35)21-5-8-24(28)16(12-21)11-17-13-22(6-9-25(17)29)40(36,37)23-7-10-26(30)18(14-23)15-38(31,32)33;/h1-10,12-14,27-30H,11,15H2,(H,31,32,33);/q;+1/p-1. The van der Waals surface area contributed by atoms with E-state index in [1.807, 2.05) is 0 Å². The molecular weight excluding hydrogens is 607 g/mol. The Morgan fingerprint density at radius 1 is 0.537 bits per heavy atom. The van der Waals surface area contributed by atoms with Gasteiger partial charge in [-0.15, -0.1) is 5.75 Å². The SMILES string of the molecule is O=S(=O)(O)Cc1cc(S(=O)(=O)c2ccc(O)c(Cc3cc(S(=O)(=O)c4ccc([O-])cc4)ccc3O)c2)ccc1O.[Na+]. The molecule has 4 rings (SSSR count). The molecule has 0 saturated carbocycles. The van der Waals surface area contributed by atoms with Crippen LogP contribution in [-0.4, -0.2) is 45.1 Å². The Bertz CT molecular complexity index is 1940. The average molecular weight is 629 g/mol. The summed E-state index contributed by atoms with van der Waals surface area (Å²) in [6.07, 6.45) is -0.284. The molecular formula is C26H21NaO11S3. The van der Waals surface area contributed by atoms with Gasteiger partial charge in [0, 0.05) is 12.0 Å². The van der Waals surface area contributed by atoms with Crippen LogP contribution in [0.3, 0.4) is 0 Å². The minimum atomic E-state index is -4.58. The third-order valence-electron chi connectivity index (χ3n) is 5.94. The zero-order chi connectivity index (χ0) is 29.5. The zero-order valence-corrected chi connectivity index (χ0v) is 25.7. The topological polar surface area (TPSA) is 206 Å². The van der Waals surface area contributed by atoms with Crippen molar-refractivity contribution in [3.8, 4) is 23.0 Å². The van der Waals surface area contributed by atoms with E-state index >= 15 is 0 Å². The first kappa shape index (κ1) is 32.4. The quantitative estimate of drug-likeness (QED) is 0.145. The molecule has 11 nitrogen and oxygen atoms in total. The van der Waals surface area contributed by atoms with Gasteiger partial charge in [0.05, 0.1) is 19.6 Å². The maximum atomic E-state index is 13.3. The van der Waals surface area contributed by atoms with Crippen molar-refractivity contribution in [2.45, 2.75) is 31.8 Å². The third-order valence-corrected chi connectivity index (χ3v) is 10.1. The first-order chi connectivity index (χ1) is 18.6. The minimum Gasteiger partial charge on any atom is -0.872 e. The molecule has 0 heterocycles. The number of sulfone groups is 2. The Morgan fingerprint density at radius 3 is 1.29 bits per heavy atom. The summed E-state index contributed by atoms with van der Waals surface area (Å²) >= 11 is 0. The number of aromatic hydroxyl groups is 3. The molecule has 4 N–H and O–H groups in total. The maximum Gasteiger partial charge on any atom is 1.00 e. The van der Waals surface area contributed by atoms with Gasteiger partial charge in [0.15, 0.2) is 0 Å². The molecule has 0 aliphatic heterocycles. The summed E-state index contributed by atoms with van der Waals surface area (Å²) < 4.78 is 84.2. The van der Waals surface area contributed by atoms with Gasteiger partial charge in [-0.2, -0.15) is 8.42 Å². The molecule has 0 bridgehead atoms. The van der Waals surface area contributed by atoms with Gasteiger partial charge < -0.3 is 20.4 Å². The zero-order valence-electron chi connectivity index (χ0n) is 21.3. The van der Waals surface area contributed by atoms with Crippen molar-refractivity contribution in [3.63, 3.8) is 0 Å². The number of phenols is 3. The van der Waals surface area contributed by atoms with Gasteiger partial charge in [0.1, 0.15) is 23.0 Å². The molecule has 0 aromatic heterocycles. The van der Waals surface area contributed by atoms with E-state index in [1.54, 1.807) is 0 Å². The van der Waals surface area contributed by atoms with Crippen LogP contribution in [0.25, 0.3) is 0 Å². The molecule has 0 fully saturated rings. The third kappa shape index (κ3) is 7.22. The number of hydrogen-bond donors (Lipinski definition) is 4. The van der Waals surface area contributed by atoms with Crippen LogP contribution in [0.4, 0.5) is 0 Å². The van der Waals surface area contributed by atoms with Gasteiger partial charge in [-0.3, -0.25) is 4.55 Å². The number of benzene rings is 4. The van der Waals surface area contributed by atoms with Gasteiger partial charge in [0.25, 0.3) is 10.1 Å². The summed E-state index contributed by atoms with van der Waals surface area (Å²) in [7, 11) is -13.0. The van der Waals surface area contributed by atoms with Crippen molar-refractivity contribution in [1.29, 1.82) is 0 Å². The summed E-state index contributed by atoms with van der Waals surface area (Å²) in [5.74, 6) is -2.62. The molecule has 0 unspecified atom stereocenters. The van der Waals surface area contributed by atoms with E-state index in [9.17, 15) is 45.7 Å². The molecule has 41 heavy (non-hydrogen) atoms. The fraction of sp³-hybridized carbons (Fsp3) is 0.0769. The molecule has 0 radical (unpaired) electrons. The van der Waals surface area contributed by atoms with Gasteiger partial charge in [-0.1, -0.05) is 12.1 Å². The Labute approximate surface area is 258 Å². The van der Waals surface area contributed by atoms with Crippen LogP contribution in [0.5, 0.6) is 23.0 Å². The van der Waals surface area contributed by atoms with E-state index in [-0.39, 0.29) is 84.6 Å². The number of rotatable bonds is 8.